The van der Waals surface area contributed by atoms with Crippen molar-refractivity contribution < 1.29 is 9.18 Å². The minimum atomic E-state index is -0.425. The van der Waals surface area contributed by atoms with Gasteiger partial charge >= 0.3 is 0 Å². The predicted molar refractivity (Wildman–Crippen MR) is 75.6 cm³/mol. The molecule has 0 spiro atoms. The Labute approximate surface area is 121 Å². The third-order valence-electron chi connectivity index (χ3n) is 2.88. The van der Waals surface area contributed by atoms with Gasteiger partial charge in [-0.3, -0.25) is 4.79 Å². The molecule has 2 aromatic carbocycles. The Bertz CT molecular complexity index is 638. The Morgan fingerprint density at radius 1 is 1.21 bits per heavy atom. The highest BCUT2D eigenvalue weighted by Crippen LogP contribution is 2.26. The summed E-state index contributed by atoms with van der Waals surface area (Å²) in [5.41, 5.74) is 1.75. The van der Waals surface area contributed by atoms with E-state index < -0.39 is 5.82 Å². The van der Waals surface area contributed by atoms with Crippen LogP contribution in [0.1, 0.15) is 21.5 Å². The first-order chi connectivity index (χ1) is 8.99. The Hall–Kier alpha value is -1.38. The average molecular weight is 297 g/mol. The SMILES string of the molecule is Cc1ccc(F)cc1C(=O)Cc1cccc(Cl)c1Cl. The van der Waals surface area contributed by atoms with Crippen molar-refractivity contribution in [1.29, 1.82) is 0 Å². The van der Waals surface area contributed by atoms with Crippen LogP contribution >= 0.6 is 23.2 Å². The molecule has 0 aromatic heterocycles. The van der Waals surface area contributed by atoms with E-state index in [9.17, 15) is 9.18 Å². The summed E-state index contributed by atoms with van der Waals surface area (Å²) in [7, 11) is 0. The maximum absolute atomic E-state index is 13.2. The van der Waals surface area contributed by atoms with E-state index in [2.05, 4.69) is 0 Å². The van der Waals surface area contributed by atoms with Crippen LogP contribution in [0.3, 0.4) is 0 Å². The summed E-state index contributed by atoms with van der Waals surface area (Å²) in [6, 6.07) is 9.29. The molecule has 0 radical (unpaired) electrons. The van der Waals surface area contributed by atoms with E-state index in [4.69, 9.17) is 23.2 Å². The van der Waals surface area contributed by atoms with Crippen LogP contribution in [0.25, 0.3) is 0 Å². The summed E-state index contributed by atoms with van der Waals surface area (Å²) in [6.07, 6.45) is 0.101. The summed E-state index contributed by atoms with van der Waals surface area (Å²) < 4.78 is 13.2. The molecule has 0 saturated carbocycles. The Morgan fingerprint density at radius 3 is 2.68 bits per heavy atom. The first kappa shape index (κ1) is 14.0. The van der Waals surface area contributed by atoms with Gasteiger partial charge in [-0.2, -0.15) is 0 Å². The van der Waals surface area contributed by atoms with Crippen molar-refractivity contribution in [1.82, 2.24) is 0 Å². The molecule has 2 aromatic rings. The van der Waals surface area contributed by atoms with E-state index in [-0.39, 0.29) is 12.2 Å². The monoisotopic (exact) mass is 296 g/mol. The maximum atomic E-state index is 13.2. The van der Waals surface area contributed by atoms with Crippen molar-refractivity contribution in [3.8, 4) is 0 Å². The number of rotatable bonds is 3. The number of benzene rings is 2. The molecular formula is C15H11Cl2FO. The Kier molecular flexibility index (Phi) is 4.23. The molecule has 0 heterocycles. The van der Waals surface area contributed by atoms with Crippen molar-refractivity contribution in [3.05, 3.63) is 69.0 Å². The van der Waals surface area contributed by atoms with Crippen molar-refractivity contribution in [2.45, 2.75) is 13.3 Å². The van der Waals surface area contributed by atoms with E-state index in [1.165, 1.54) is 12.1 Å². The normalized spacial score (nSPS) is 10.5. The molecule has 0 amide bonds. The molecular weight excluding hydrogens is 286 g/mol. The molecule has 98 valence electrons. The van der Waals surface area contributed by atoms with Crippen molar-refractivity contribution >= 4 is 29.0 Å². The lowest BCUT2D eigenvalue weighted by Gasteiger charge is -2.07. The predicted octanol–water partition coefficient (Wildman–Crippen LogP) is 4.87. The third-order valence-corrected chi connectivity index (χ3v) is 3.74. The molecule has 0 N–H and O–H groups in total. The second kappa shape index (κ2) is 5.72. The Morgan fingerprint density at radius 2 is 1.95 bits per heavy atom. The second-order valence-electron chi connectivity index (χ2n) is 4.27. The van der Waals surface area contributed by atoms with Gasteiger partial charge < -0.3 is 0 Å². The molecule has 0 fully saturated rings. The van der Waals surface area contributed by atoms with Crippen LogP contribution in [0.15, 0.2) is 36.4 Å². The van der Waals surface area contributed by atoms with E-state index in [1.807, 2.05) is 0 Å². The average Bonchev–Trinajstić information content (AvgIpc) is 2.38. The van der Waals surface area contributed by atoms with Gasteiger partial charge in [-0.1, -0.05) is 41.4 Å². The zero-order valence-electron chi connectivity index (χ0n) is 10.2. The molecule has 0 bridgehead atoms. The molecule has 4 heteroatoms. The minimum Gasteiger partial charge on any atom is -0.294 e. The fourth-order valence-electron chi connectivity index (χ4n) is 1.85. The number of carbonyl (C=O) groups excluding carboxylic acids is 1. The summed E-state index contributed by atoms with van der Waals surface area (Å²) in [5.74, 6) is -0.604. The first-order valence-electron chi connectivity index (χ1n) is 5.71. The van der Waals surface area contributed by atoms with Crippen molar-refractivity contribution in [2.24, 2.45) is 0 Å². The number of hydrogen-bond donors (Lipinski definition) is 0. The molecule has 0 aliphatic heterocycles. The smallest absolute Gasteiger partial charge is 0.167 e. The molecule has 0 aliphatic rings. The van der Waals surface area contributed by atoms with Crippen LogP contribution in [-0.4, -0.2) is 5.78 Å². The highest BCUT2D eigenvalue weighted by atomic mass is 35.5. The van der Waals surface area contributed by atoms with Crippen molar-refractivity contribution in [3.63, 3.8) is 0 Å². The van der Waals surface area contributed by atoms with Crippen LogP contribution in [0, 0.1) is 12.7 Å². The van der Waals surface area contributed by atoms with Gasteiger partial charge in [0, 0.05) is 12.0 Å². The molecule has 2 rings (SSSR count). The number of ketones is 1. The van der Waals surface area contributed by atoms with Crippen LogP contribution in [0.2, 0.25) is 10.0 Å². The van der Waals surface area contributed by atoms with Gasteiger partial charge in [0.25, 0.3) is 0 Å². The largest absolute Gasteiger partial charge is 0.294 e. The van der Waals surface area contributed by atoms with Crippen LogP contribution in [-0.2, 0) is 6.42 Å². The van der Waals surface area contributed by atoms with E-state index in [0.717, 1.165) is 5.56 Å². The van der Waals surface area contributed by atoms with E-state index in [1.54, 1.807) is 31.2 Å². The fraction of sp³-hybridized carbons (Fsp3) is 0.133. The summed E-state index contributed by atoms with van der Waals surface area (Å²) in [6.45, 7) is 1.77. The van der Waals surface area contributed by atoms with Crippen LogP contribution in [0.4, 0.5) is 4.39 Å². The van der Waals surface area contributed by atoms with Gasteiger partial charge in [0.1, 0.15) is 5.82 Å². The molecule has 1 nitrogen and oxygen atoms in total. The van der Waals surface area contributed by atoms with E-state index >= 15 is 0 Å². The molecule has 0 unspecified atom stereocenters. The number of Topliss-reactive ketones (excluding diaryl/α,β-unsaturated/α-hetero) is 1. The molecule has 0 atom stereocenters. The zero-order valence-corrected chi connectivity index (χ0v) is 11.7. The van der Waals surface area contributed by atoms with Gasteiger partial charge in [0.15, 0.2) is 5.78 Å². The number of hydrogen-bond acceptors (Lipinski definition) is 1. The standard InChI is InChI=1S/C15H11Cl2FO/c1-9-5-6-11(18)8-12(9)14(19)7-10-3-2-4-13(16)15(10)17/h2-6,8H,7H2,1H3. The third kappa shape index (κ3) is 3.14. The lowest BCUT2D eigenvalue weighted by Crippen LogP contribution is -2.06. The quantitative estimate of drug-likeness (QED) is 0.739. The molecule has 19 heavy (non-hydrogen) atoms. The highest BCUT2D eigenvalue weighted by molar-refractivity contribution is 6.42. The first-order valence-corrected chi connectivity index (χ1v) is 6.47. The number of carbonyl (C=O) groups is 1. The number of halogens is 3. The van der Waals surface area contributed by atoms with Gasteiger partial charge in [0.05, 0.1) is 10.0 Å². The van der Waals surface area contributed by atoms with Gasteiger partial charge in [-0.05, 0) is 36.2 Å². The van der Waals surface area contributed by atoms with Crippen LogP contribution < -0.4 is 0 Å². The topological polar surface area (TPSA) is 17.1 Å². The van der Waals surface area contributed by atoms with Crippen LogP contribution in [0.5, 0.6) is 0 Å². The van der Waals surface area contributed by atoms with Crippen molar-refractivity contribution in [2.75, 3.05) is 0 Å². The summed E-state index contributed by atoms with van der Waals surface area (Å²) >= 11 is 11.9. The Balaban J connectivity index is 2.31. The fourth-order valence-corrected chi connectivity index (χ4v) is 2.23. The second-order valence-corrected chi connectivity index (χ2v) is 5.06. The van der Waals surface area contributed by atoms with Gasteiger partial charge in [-0.15, -0.1) is 0 Å². The maximum Gasteiger partial charge on any atom is 0.167 e. The number of aryl methyl sites for hydroxylation is 1. The molecule has 0 saturated heterocycles. The zero-order chi connectivity index (χ0) is 14.0. The minimum absolute atomic E-state index is 0.101. The van der Waals surface area contributed by atoms with E-state index in [0.29, 0.717) is 21.2 Å². The van der Waals surface area contributed by atoms with Gasteiger partial charge in [-0.25, -0.2) is 4.39 Å². The summed E-state index contributed by atoms with van der Waals surface area (Å²) in [4.78, 5) is 12.2. The molecule has 0 aliphatic carbocycles. The van der Waals surface area contributed by atoms with Gasteiger partial charge in [0.2, 0.25) is 0 Å². The lowest BCUT2D eigenvalue weighted by molar-refractivity contribution is 0.0992. The highest BCUT2D eigenvalue weighted by Gasteiger charge is 2.14. The lowest BCUT2D eigenvalue weighted by atomic mass is 9.99. The summed E-state index contributed by atoms with van der Waals surface area (Å²) in [5, 5.41) is 0.773.